The fourth-order valence-electron chi connectivity index (χ4n) is 2.30. The summed E-state index contributed by atoms with van der Waals surface area (Å²) in [7, 11) is 0. The van der Waals surface area contributed by atoms with E-state index in [2.05, 4.69) is 18.3 Å². The van der Waals surface area contributed by atoms with Crippen LogP contribution in [-0.4, -0.2) is 19.8 Å². The molecule has 88 valence electrons. The van der Waals surface area contributed by atoms with Gasteiger partial charge >= 0.3 is 0 Å². The molecule has 1 aliphatic carbocycles. The van der Waals surface area contributed by atoms with E-state index in [-0.39, 0.29) is 6.61 Å². The van der Waals surface area contributed by atoms with E-state index in [9.17, 15) is 4.39 Å². The van der Waals surface area contributed by atoms with Crippen molar-refractivity contribution in [3.8, 4) is 5.75 Å². The summed E-state index contributed by atoms with van der Waals surface area (Å²) in [5.74, 6) is 0.786. The van der Waals surface area contributed by atoms with Gasteiger partial charge in [0.25, 0.3) is 0 Å². The summed E-state index contributed by atoms with van der Waals surface area (Å²) >= 11 is 0. The molecule has 0 amide bonds. The summed E-state index contributed by atoms with van der Waals surface area (Å²) in [4.78, 5) is 0. The Morgan fingerprint density at radius 1 is 1.50 bits per heavy atom. The predicted octanol–water partition coefficient (Wildman–Crippen LogP) is 2.63. The van der Waals surface area contributed by atoms with Gasteiger partial charge in [0.15, 0.2) is 0 Å². The van der Waals surface area contributed by atoms with Crippen molar-refractivity contribution < 1.29 is 9.13 Å². The SMILES string of the molecule is CCNC1CCc2cc(OCCF)ccc21. The number of fused-ring (bicyclic) bond motifs is 1. The van der Waals surface area contributed by atoms with Gasteiger partial charge in [0.05, 0.1) is 0 Å². The van der Waals surface area contributed by atoms with Crippen LogP contribution in [-0.2, 0) is 6.42 Å². The van der Waals surface area contributed by atoms with Crippen LogP contribution in [0.1, 0.15) is 30.5 Å². The highest BCUT2D eigenvalue weighted by atomic mass is 19.1. The van der Waals surface area contributed by atoms with Crippen LogP contribution in [0, 0.1) is 0 Å². The van der Waals surface area contributed by atoms with Gasteiger partial charge in [-0.3, -0.25) is 0 Å². The highest BCUT2D eigenvalue weighted by Gasteiger charge is 2.21. The predicted molar refractivity (Wildman–Crippen MR) is 62.7 cm³/mol. The Bertz CT molecular complexity index is 354. The topological polar surface area (TPSA) is 21.3 Å². The molecule has 0 aromatic heterocycles. The first-order valence-corrected chi connectivity index (χ1v) is 5.90. The van der Waals surface area contributed by atoms with Crippen LogP contribution in [0.5, 0.6) is 5.75 Å². The average molecular weight is 223 g/mol. The summed E-state index contributed by atoms with van der Waals surface area (Å²) in [6, 6.07) is 6.56. The maximum absolute atomic E-state index is 12.0. The van der Waals surface area contributed by atoms with Crippen molar-refractivity contribution >= 4 is 0 Å². The van der Waals surface area contributed by atoms with Gasteiger partial charge in [-0.2, -0.15) is 0 Å². The molecule has 2 rings (SSSR count). The number of benzene rings is 1. The number of aryl methyl sites for hydroxylation is 1. The number of rotatable bonds is 5. The number of hydrogen-bond donors (Lipinski definition) is 1. The highest BCUT2D eigenvalue weighted by molar-refractivity contribution is 5.40. The first-order valence-electron chi connectivity index (χ1n) is 5.90. The third-order valence-corrected chi connectivity index (χ3v) is 2.99. The molecule has 0 saturated carbocycles. The zero-order valence-corrected chi connectivity index (χ0v) is 9.63. The third kappa shape index (κ3) is 2.35. The molecule has 1 unspecified atom stereocenters. The van der Waals surface area contributed by atoms with Crippen molar-refractivity contribution in [2.45, 2.75) is 25.8 Å². The molecule has 1 aromatic carbocycles. The Hall–Kier alpha value is -1.09. The monoisotopic (exact) mass is 223 g/mol. The van der Waals surface area contributed by atoms with Gasteiger partial charge in [-0.1, -0.05) is 13.0 Å². The minimum absolute atomic E-state index is 0.148. The van der Waals surface area contributed by atoms with Crippen molar-refractivity contribution in [3.05, 3.63) is 29.3 Å². The Labute approximate surface area is 95.8 Å². The van der Waals surface area contributed by atoms with E-state index in [1.807, 2.05) is 12.1 Å². The summed E-state index contributed by atoms with van der Waals surface area (Å²) < 4.78 is 17.3. The Kier molecular flexibility index (Phi) is 3.78. The molecule has 1 atom stereocenters. The summed E-state index contributed by atoms with van der Waals surface area (Å²) in [6.07, 6.45) is 2.23. The average Bonchev–Trinajstić information content (AvgIpc) is 2.70. The number of hydrogen-bond acceptors (Lipinski definition) is 2. The second-order valence-corrected chi connectivity index (χ2v) is 4.05. The number of alkyl halides is 1. The summed E-state index contributed by atoms with van der Waals surface area (Å²) in [6.45, 7) is 2.83. The van der Waals surface area contributed by atoms with Crippen molar-refractivity contribution in [2.75, 3.05) is 19.8 Å². The standard InChI is InChI=1S/C13H18FNO/c1-2-15-13-6-3-10-9-11(16-8-7-14)4-5-12(10)13/h4-5,9,13,15H,2-3,6-8H2,1H3. The van der Waals surface area contributed by atoms with Gasteiger partial charge in [0.2, 0.25) is 0 Å². The molecule has 0 saturated heterocycles. The minimum atomic E-state index is -0.433. The Morgan fingerprint density at radius 3 is 3.12 bits per heavy atom. The van der Waals surface area contributed by atoms with Gasteiger partial charge in [-0.05, 0) is 42.6 Å². The van der Waals surface area contributed by atoms with E-state index in [4.69, 9.17) is 4.74 Å². The zero-order valence-electron chi connectivity index (χ0n) is 9.63. The zero-order chi connectivity index (χ0) is 11.4. The van der Waals surface area contributed by atoms with Gasteiger partial charge in [0, 0.05) is 6.04 Å². The molecule has 0 spiro atoms. The molecule has 1 aliphatic rings. The number of halogens is 1. The van der Waals surface area contributed by atoms with Crippen LogP contribution >= 0.6 is 0 Å². The maximum atomic E-state index is 12.0. The Balaban J connectivity index is 2.09. The second-order valence-electron chi connectivity index (χ2n) is 4.05. The molecule has 1 aromatic rings. The van der Waals surface area contributed by atoms with Crippen molar-refractivity contribution in [3.63, 3.8) is 0 Å². The second kappa shape index (κ2) is 5.30. The van der Waals surface area contributed by atoms with E-state index >= 15 is 0 Å². The van der Waals surface area contributed by atoms with E-state index < -0.39 is 6.67 Å². The van der Waals surface area contributed by atoms with Crippen LogP contribution < -0.4 is 10.1 Å². The lowest BCUT2D eigenvalue weighted by Crippen LogP contribution is -2.18. The molecule has 1 N–H and O–H groups in total. The molecular formula is C13H18FNO. The van der Waals surface area contributed by atoms with E-state index in [1.54, 1.807) is 0 Å². The van der Waals surface area contributed by atoms with Crippen molar-refractivity contribution in [1.29, 1.82) is 0 Å². The highest BCUT2D eigenvalue weighted by Crippen LogP contribution is 2.33. The lowest BCUT2D eigenvalue weighted by Gasteiger charge is -2.12. The summed E-state index contributed by atoms with van der Waals surface area (Å²) in [5.41, 5.74) is 2.71. The fraction of sp³-hybridized carbons (Fsp3) is 0.538. The smallest absolute Gasteiger partial charge is 0.123 e. The van der Waals surface area contributed by atoms with Crippen LogP contribution in [0.2, 0.25) is 0 Å². The van der Waals surface area contributed by atoms with Crippen LogP contribution in [0.4, 0.5) is 4.39 Å². The Morgan fingerprint density at radius 2 is 2.38 bits per heavy atom. The van der Waals surface area contributed by atoms with Crippen LogP contribution in [0.15, 0.2) is 18.2 Å². The van der Waals surface area contributed by atoms with Gasteiger partial charge < -0.3 is 10.1 Å². The van der Waals surface area contributed by atoms with Gasteiger partial charge in [0.1, 0.15) is 19.0 Å². The van der Waals surface area contributed by atoms with E-state index in [0.29, 0.717) is 6.04 Å². The molecule has 0 fully saturated rings. The molecule has 3 heteroatoms. The first kappa shape index (κ1) is 11.4. The molecule has 16 heavy (non-hydrogen) atoms. The normalized spacial score (nSPS) is 18.5. The van der Waals surface area contributed by atoms with Gasteiger partial charge in [-0.15, -0.1) is 0 Å². The molecule has 0 bridgehead atoms. The van der Waals surface area contributed by atoms with Crippen molar-refractivity contribution in [1.82, 2.24) is 5.32 Å². The lowest BCUT2D eigenvalue weighted by atomic mass is 10.1. The maximum Gasteiger partial charge on any atom is 0.123 e. The third-order valence-electron chi connectivity index (χ3n) is 2.99. The van der Waals surface area contributed by atoms with Crippen LogP contribution in [0.3, 0.4) is 0 Å². The molecule has 0 aliphatic heterocycles. The first-order chi connectivity index (χ1) is 7.85. The quantitative estimate of drug-likeness (QED) is 0.828. The summed E-state index contributed by atoms with van der Waals surface area (Å²) in [5, 5.41) is 3.46. The van der Waals surface area contributed by atoms with Gasteiger partial charge in [-0.25, -0.2) is 4.39 Å². The largest absolute Gasteiger partial charge is 0.491 e. The molecule has 0 radical (unpaired) electrons. The number of ether oxygens (including phenoxy) is 1. The minimum Gasteiger partial charge on any atom is -0.491 e. The molecular weight excluding hydrogens is 205 g/mol. The number of nitrogens with one attached hydrogen (secondary N) is 1. The lowest BCUT2D eigenvalue weighted by molar-refractivity contribution is 0.273. The van der Waals surface area contributed by atoms with Crippen LogP contribution in [0.25, 0.3) is 0 Å². The fourth-order valence-corrected chi connectivity index (χ4v) is 2.30. The van der Waals surface area contributed by atoms with E-state index in [1.165, 1.54) is 11.1 Å². The van der Waals surface area contributed by atoms with E-state index in [0.717, 1.165) is 25.1 Å². The molecule has 0 heterocycles. The van der Waals surface area contributed by atoms with Crippen molar-refractivity contribution in [2.24, 2.45) is 0 Å². The molecule has 2 nitrogen and oxygen atoms in total.